The Morgan fingerprint density at radius 2 is 2.19 bits per heavy atom. The van der Waals surface area contributed by atoms with E-state index >= 15 is 0 Å². The Labute approximate surface area is 97.6 Å². The van der Waals surface area contributed by atoms with Gasteiger partial charge in [-0.3, -0.25) is 9.97 Å². The first-order valence-corrected chi connectivity index (χ1v) is 5.05. The predicted molar refractivity (Wildman–Crippen MR) is 61.7 cm³/mol. The molecule has 5 nitrogen and oxygen atoms in total. The monoisotopic (exact) mass is 234 g/mol. The lowest BCUT2D eigenvalue weighted by Gasteiger charge is -2.05. The van der Waals surface area contributed by atoms with Gasteiger partial charge in [-0.05, 0) is 30.8 Å². The molecular weight excluding hydrogens is 224 g/mol. The second kappa shape index (κ2) is 4.36. The van der Waals surface area contributed by atoms with Gasteiger partial charge >= 0.3 is 0 Å². The molecule has 0 fully saturated rings. The van der Waals surface area contributed by atoms with Crippen LogP contribution in [0, 0.1) is 11.7 Å². The van der Waals surface area contributed by atoms with Crippen LogP contribution in [-0.4, -0.2) is 27.0 Å². The largest absolute Gasteiger partial charge is 0.468 e. The molecule has 0 aliphatic heterocycles. The Balaban J connectivity index is 2.60. The highest BCUT2D eigenvalue weighted by Gasteiger charge is 2.06. The third-order valence-corrected chi connectivity index (χ3v) is 2.28. The van der Waals surface area contributed by atoms with E-state index in [0.29, 0.717) is 11.8 Å². The van der Waals surface area contributed by atoms with Crippen LogP contribution in [0.15, 0.2) is 18.5 Å². The van der Waals surface area contributed by atoms with Crippen molar-refractivity contribution in [3.05, 3.63) is 28.8 Å². The lowest BCUT2D eigenvalue weighted by Crippen LogP contribution is -1.98. The van der Waals surface area contributed by atoms with Gasteiger partial charge in [0.2, 0.25) is 4.77 Å². The first-order valence-electron chi connectivity index (χ1n) is 4.64. The van der Waals surface area contributed by atoms with Crippen molar-refractivity contribution >= 4 is 12.2 Å². The molecule has 6 heteroatoms. The molecule has 82 valence electrons. The molecule has 1 N–H and O–H groups in total. The molecule has 0 bridgehead atoms. The number of rotatable bonds is 2. The highest BCUT2D eigenvalue weighted by atomic mass is 32.1. The molecule has 2 heterocycles. The lowest BCUT2D eigenvalue weighted by atomic mass is 10.1. The Kier molecular flexibility index (Phi) is 2.91. The van der Waals surface area contributed by atoms with Gasteiger partial charge in [-0.15, -0.1) is 0 Å². The maximum atomic E-state index is 5.01. The highest BCUT2D eigenvalue weighted by Crippen LogP contribution is 2.18. The summed E-state index contributed by atoms with van der Waals surface area (Å²) in [6, 6.07) is 2.22. The topological polar surface area (TPSA) is 63.7 Å². The number of pyridine rings is 1. The van der Waals surface area contributed by atoms with E-state index in [1.165, 1.54) is 7.11 Å². The van der Waals surface area contributed by atoms with Crippen LogP contribution >= 0.6 is 12.2 Å². The minimum Gasteiger partial charge on any atom is -0.468 e. The number of aryl methyl sites for hydroxylation is 1. The molecule has 0 radical (unpaired) electrons. The summed E-state index contributed by atoms with van der Waals surface area (Å²) < 4.78 is 5.26. The number of aromatic nitrogens is 4. The van der Waals surface area contributed by atoms with Gasteiger partial charge in [0.15, 0.2) is 0 Å². The Morgan fingerprint density at radius 1 is 1.38 bits per heavy atom. The van der Waals surface area contributed by atoms with Crippen LogP contribution in [0.5, 0.6) is 6.01 Å². The minimum absolute atomic E-state index is 0.252. The van der Waals surface area contributed by atoms with Gasteiger partial charge in [0.1, 0.15) is 5.82 Å². The first kappa shape index (κ1) is 10.7. The van der Waals surface area contributed by atoms with Crippen molar-refractivity contribution < 1.29 is 4.74 Å². The molecule has 2 rings (SSSR count). The SMILES string of the molecule is COc1nc(=S)nc(-c2ccncc2C)[nH]1. The summed E-state index contributed by atoms with van der Waals surface area (Å²) in [7, 11) is 1.52. The molecule has 0 saturated carbocycles. The third kappa shape index (κ3) is 2.06. The molecular formula is C10H10N4OS. The van der Waals surface area contributed by atoms with Crippen LogP contribution in [0.1, 0.15) is 5.56 Å². The number of ether oxygens (including phenoxy) is 1. The fourth-order valence-electron chi connectivity index (χ4n) is 1.33. The zero-order chi connectivity index (χ0) is 11.5. The second-order valence-corrected chi connectivity index (χ2v) is 3.54. The fraction of sp³-hybridized carbons (Fsp3) is 0.200. The van der Waals surface area contributed by atoms with Crippen molar-refractivity contribution in [1.82, 2.24) is 19.9 Å². The molecule has 2 aromatic heterocycles. The van der Waals surface area contributed by atoms with Crippen molar-refractivity contribution in [1.29, 1.82) is 0 Å². The van der Waals surface area contributed by atoms with Crippen LogP contribution in [0.3, 0.4) is 0 Å². The summed E-state index contributed by atoms with van der Waals surface area (Å²) >= 11 is 4.96. The number of hydrogen-bond donors (Lipinski definition) is 1. The molecule has 16 heavy (non-hydrogen) atoms. The van der Waals surface area contributed by atoms with Crippen LogP contribution in [0.4, 0.5) is 0 Å². The normalized spacial score (nSPS) is 10.1. The summed E-state index contributed by atoms with van der Waals surface area (Å²) in [6.07, 6.45) is 3.47. The predicted octanol–water partition coefficient (Wildman–Crippen LogP) is 1.91. The molecule has 0 aliphatic rings. The van der Waals surface area contributed by atoms with E-state index in [2.05, 4.69) is 19.9 Å². The Morgan fingerprint density at radius 3 is 2.88 bits per heavy atom. The van der Waals surface area contributed by atoms with E-state index in [4.69, 9.17) is 17.0 Å². The molecule has 0 aliphatic carbocycles. The second-order valence-electron chi connectivity index (χ2n) is 3.18. The number of H-pyrrole nitrogens is 1. The van der Waals surface area contributed by atoms with Crippen molar-refractivity contribution in [2.24, 2.45) is 0 Å². The summed E-state index contributed by atoms with van der Waals surface area (Å²) in [6.45, 7) is 1.95. The molecule has 2 aromatic rings. The van der Waals surface area contributed by atoms with Gasteiger partial charge in [0.25, 0.3) is 6.01 Å². The van der Waals surface area contributed by atoms with Crippen LogP contribution in [0.25, 0.3) is 11.4 Å². The van der Waals surface area contributed by atoms with E-state index in [1.54, 1.807) is 12.4 Å². The molecule has 0 saturated heterocycles. The lowest BCUT2D eigenvalue weighted by molar-refractivity contribution is 0.378. The smallest absolute Gasteiger partial charge is 0.297 e. The average molecular weight is 234 g/mol. The van der Waals surface area contributed by atoms with Crippen LogP contribution in [0.2, 0.25) is 0 Å². The first-order chi connectivity index (χ1) is 7.70. The van der Waals surface area contributed by atoms with Gasteiger partial charge in [-0.2, -0.15) is 4.98 Å². The van der Waals surface area contributed by atoms with Gasteiger partial charge in [-0.1, -0.05) is 0 Å². The maximum Gasteiger partial charge on any atom is 0.297 e. The standard InChI is InChI=1S/C10H10N4OS/c1-6-5-11-4-3-7(6)8-12-9(15-2)14-10(16)13-8/h3-5H,1-2H3,(H,12,13,14,16). The third-order valence-electron chi connectivity index (χ3n) is 2.10. The van der Waals surface area contributed by atoms with Crippen molar-refractivity contribution in [2.75, 3.05) is 7.11 Å². The number of hydrogen-bond acceptors (Lipinski definition) is 5. The van der Waals surface area contributed by atoms with E-state index in [0.717, 1.165) is 11.1 Å². The summed E-state index contributed by atoms with van der Waals surface area (Å²) in [5.41, 5.74) is 1.94. The van der Waals surface area contributed by atoms with Gasteiger partial charge in [0, 0.05) is 18.0 Å². The summed E-state index contributed by atoms with van der Waals surface area (Å²) in [5, 5.41) is 0. The van der Waals surface area contributed by atoms with E-state index in [9.17, 15) is 0 Å². The summed E-state index contributed by atoms with van der Waals surface area (Å²) in [4.78, 5) is 15.0. The summed E-state index contributed by atoms with van der Waals surface area (Å²) in [5.74, 6) is 0.636. The van der Waals surface area contributed by atoms with E-state index in [1.807, 2.05) is 13.0 Å². The van der Waals surface area contributed by atoms with Crippen LogP contribution in [-0.2, 0) is 0 Å². The molecule has 0 spiro atoms. The molecule has 0 atom stereocenters. The number of nitrogens with one attached hydrogen (secondary N) is 1. The maximum absolute atomic E-state index is 5.01. The minimum atomic E-state index is 0.252. The zero-order valence-corrected chi connectivity index (χ0v) is 9.71. The zero-order valence-electron chi connectivity index (χ0n) is 8.89. The number of nitrogens with zero attached hydrogens (tertiary/aromatic N) is 3. The Hall–Kier alpha value is -1.82. The average Bonchev–Trinajstić information content (AvgIpc) is 2.28. The van der Waals surface area contributed by atoms with Crippen molar-refractivity contribution in [3.8, 4) is 17.4 Å². The van der Waals surface area contributed by atoms with E-state index in [-0.39, 0.29) is 4.77 Å². The molecule has 0 aromatic carbocycles. The van der Waals surface area contributed by atoms with Gasteiger partial charge in [-0.25, -0.2) is 4.98 Å². The molecule has 0 amide bonds. The Bertz CT molecular complexity index is 567. The molecule has 0 unspecified atom stereocenters. The van der Waals surface area contributed by atoms with Crippen LogP contribution < -0.4 is 4.74 Å². The number of methoxy groups -OCH3 is 1. The quantitative estimate of drug-likeness (QED) is 0.804. The van der Waals surface area contributed by atoms with Crippen molar-refractivity contribution in [3.63, 3.8) is 0 Å². The van der Waals surface area contributed by atoms with E-state index < -0.39 is 0 Å². The number of aromatic amines is 1. The fourth-order valence-corrected chi connectivity index (χ4v) is 1.50. The van der Waals surface area contributed by atoms with Gasteiger partial charge < -0.3 is 4.74 Å². The highest BCUT2D eigenvalue weighted by molar-refractivity contribution is 7.71. The van der Waals surface area contributed by atoms with Crippen molar-refractivity contribution in [2.45, 2.75) is 6.92 Å². The van der Waals surface area contributed by atoms with Gasteiger partial charge in [0.05, 0.1) is 7.11 Å².